The lowest BCUT2D eigenvalue weighted by Gasteiger charge is -2.42. The number of hydrazone groups is 1. The van der Waals surface area contributed by atoms with Crippen LogP contribution in [-0.4, -0.2) is 127 Å². The van der Waals surface area contributed by atoms with Crippen LogP contribution in [0.1, 0.15) is 89.4 Å². The van der Waals surface area contributed by atoms with E-state index in [1.165, 1.54) is 59.4 Å². The first kappa shape index (κ1) is 51.3. The lowest BCUT2D eigenvalue weighted by Crippen LogP contribution is -2.54. The fourth-order valence-corrected chi connectivity index (χ4v) is 9.69. The minimum absolute atomic E-state index is 0.0363. The predicted molar refractivity (Wildman–Crippen MR) is 256 cm³/mol. The molecule has 0 aliphatic carbocycles. The number of fused-ring (bicyclic) bond motifs is 14. The highest BCUT2D eigenvalue weighted by atomic mass is 16.7. The normalized spacial score (nSPS) is 31.5. The number of ether oxygens (including phenoxy) is 4. The number of esters is 1. The first-order valence-corrected chi connectivity index (χ1v) is 22.9. The molecule has 1 fully saturated rings. The fourth-order valence-electron chi connectivity index (χ4n) is 9.69. The highest BCUT2D eigenvalue weighted by Gasteiger charge is 2.50. The number of carbonyl (C=O) groups excluding carboxylic acids is 3. The summed E-state index contributed by atoms with van der Waals surface area (Å²) in [6, 6.07) is 6.72. The van der Waals surface area contributed by atoms with E-state index in [4.69, 9.17) is 24.0 Å². The number of hydrogen-bond acceptors (Lipinski definition) is 16. The van der Waals surface area contributed by atoms with Crippen LogP contribution in [0.25, 0.3) is 10.8 Å². The molecule has 0 radical (unpaired) electrons. The summed E-state index contributed by atoms with van der Waals surface area (Å²) in [6.45, 7) is 18.2. The van der Waals surface area contributed by atoms with Gasteiger partial charge in [-0.2, -0.15) is 5.10 Å². The highest BCUT2D eigenvalue weighted by molar-refractivity contribution is 6.23. The largest absolute Gasteiger partial charge is 0.508 e. The van der Waals surface area contributed by atoms with E-state index in [1.54, 1.807) is 58.0 Å². The molecule has 3 aromatic carbocycles. The summed E-state index contributed by atoms with van der Waals surface area (Å²) in [4.78, 5) is 43.3. The van der Waals surface area contributed by atoms with Gasteiger partial charge in [-0.3, -0.25) is 24.3 Å². The molecule has 7 rings (SSSR count). The topological polar surface area (TPSA) is 240 Å². The molecular weight excluding hydrogens is 877 g/mol. The molecule has 7 N–H and O–H groups in total. The van der Waals surface area contributed by atoms with Crippen LogP contribution in [0, 0.1) is 30.6 Å². The van der Waals surface area contributed by atoms with Gasteiger partial charge in [0.05, 0.1) is 65.1 Å². The molecule has 4 heterocycles. The predicted octanol–water partition coefficient (Wildman–Crippen LogP) is 6.39. The van der Waals surface area contributed by atoms with Gasteiger partial charge in [-0.1, -0.05) is 58.1 Å². The third kappa shape index (κ3) is 10.2. The maximum atomic E-state index is 14.6. The number of hydrogen-bond donors (Lipinski definition) is 7. The van der Waals surface area contributed by atoms with Gasteiger partial charge in [-0.15, -0.1) is 0 Å². The second-order valence-corrected chi connectivity index (χ2v) is 18.8. The third-order valence-electron chi connectivity index (χ3n) is 13.6. The Bertz CT molecular complexity index is 2530. The number of allylic oxidation sites excluding steroid dienone is 2. The molecule has 1 amide bonds. The van der Waals surface area contributed by atoms with Crippen molar-refractivity contribution in [2.24, 2.45) is 28.8 Å². The van der Waals surface area contributed by atoms with E-state index in [2.05, 4.69) is 10.2 Å². The van der Waals surface area contributed by atoms with Gasteiger partial charge in [-0.05, 0) is 51.5 Å². The second-order valence-electron chi connectivity index (χ2n) is 18.8. The van der Waals surface area contributed by atoms with E-state index >= 15 is 0 Å². The van der Waals surface area contributed by atoms with Crippen LogP contribution in [0.15, 0.2) is 65.5 Å². The van der Waals surface area contributed by atoms with E-state index in [0.717, 1.165) is 5.56 Å². The van der Waals surface area contributed by atoms with Gasteiger partial charge in [0.2, 0.25) is 0 Å². The number of phenols is 4. The standard InChI is InChI=1S/C51H66N4O13/c1-25-14-12-15-26(2)50(64)53-41-36(21-52-55-27(3)22-54(23-28(55)4)24-34-16-13-17-35(57)20-34)45(61)38-39(46(41)62)44(60)32(8)48-40(38)49(63)51(10,68-48)66-19-18-37(65-11)29(5)47(67-33(9)56)31(7)43(59)30(6)42(25)58/h12-21,25,27-31,37,42-43,47,57-62H,22-24H2,1-11H3,(H,53,64)/b14-12+,19-18+,26-15-,52-21+. The second kappa shape index (κ2) is 20.6. The smallest absolute Gasteiger partial charge is 0.312 e. The maximum absolute atomic E-state index is 14.6. The van der Waals surface area contributed by atoms with Gasteiger partial charge in [-0.25, -0.2) is 0 Å². The summed E-state index contributed by atoms with van der Waals surface area (Å²) < 4.78 is 23.8. The molecule has 0 saturated carbocycles. The number of piperazine rings is 1. The van der Waals surface area contributed by atoms with Crippen molar-refractivity contribution in [3.63, 3.8) is 0 Å². The Kier molecular flexibility index (Phi) is 15.5. The van der Waals surface area contributed by atoms with Crippen molar-refractivity contribution in [3.05, 3.63) is 82.7 Å². The molecule has 5 bridgehead atoms. The van der Waals surface area contributed by atoms with Crippen LogP contribution in [0.5, 0.6) is 28.7 Å². The third-order valence-corrected chi connectivity index (χ3v) is 13.6. The van der Waals surface area contributed by atoms with Crippen LogP contribution in [-0.2, 0) is 30.3 Å². The van der Waals surface area contributed by atoms with Crippen molar-refractivity contribution in [3.8, 4) is 28.7 Å². The van der Waals surface area contributed by atoms with Crippen molar-refractivity contribution in [2.75, 3.05) is 25.5 Å². The van der Waals surface area contributed by atoms with Gasteiger partial charge in [0, 0.05) is 80.8 Å². The number of rotatable bonds is 6. The Morgan fingerprint density at radius 3 is 2.24 bits per heavy atom. The van der Waals surface area contributed by atoms with Gasteiger partial charge in [0.25, 0.3) is 11.7 Å². The lowest BCUT2D eigenvalue weighted by molar-refractivity contribution is -0.160. The van der Waals surface area contributed by atoms with E-state index < -0.39 is 88.8 Å². The molecule has 68 heavy (non-hydrogen) atoms. The van der Waals surface area contributed by atoms with E-state index in [1.807, 2.05) is 24.9 Å². The van der Waals surface area contributed by atoms with Gasteiger partial charge >= 0.3 is 11.8 Å². The average Bonchev–Trinajstić information content (AvgIpc) is 3.55. The number of methoxy groups -OCH3 is 1. The van der Waals surface area contributed by atoms with Crippen molar-refractivity contribution >= 4 is 40.3 Å². The summed E-state index contributed by atoms with van der Waals surface area (Å²) in [5, 5.41) is 78.1. The molecule has 3 aromatic rings. The number of benzene rings is 3. The number of aliphatic hydroxyl groups is 2. The van der Waals surface area contributed by atoms with Crippen molar-refractivity contribution < 1.29 is 64.0 Å². The molecule has 4 aliphatic heterocycles. The minimum atomic E-state index is -2.08. The van der Waals surface area contributed by atoms with Crippen LogP contribution in [0.3, 0.4) is 0 Å². The van der Waals surface area contributed by atoms with Crippen molar-refractivity contribution in [1.82, 2.24) is 9.91 Å². The molecule has 4 aliphatic rings. The Balaban J connectivity index is 1.48. The highest BCUT2D eigenvalue weighted by Crippen LogP contribution is 2.55. The molecule has 11 atom stereocenters. The monoisotopic (exact) mass is 942 g/mol. The number of amides is 1. The Hall–Kier alpha value is -6.14. The minimum Gasteiger partial charge on any atom is -0.508 e. The van der Waals surface area contributed by atoms with Crippen LogP contribution < -0.4 is 10.1 Å². The summed E-state index contributed by atoms with van der Waals surface area (Å²) in [6.07, 6.45) is 4.77. The molecule has 1 saturated heterocycles. The number of anilines is 1. The van der Waals surface area contributed by atoms with E-state index in [9.17, 15) is 45.0 Å². The van der Waals surface area contributed by atoms with Gasteiger partial charge < -0.3 is 54.9 Å². The van der Waals surface area contributed by atoms with E-state index in [0.29, 0.717) is 19.6 Å². The molecule has 368 valence electrons. The SMILES string of the molecule is COC1/C=C/OC2(C)Oc3c(C)c(O)c4c(O)c(c(/C=N/N5C(C)CN(Cc6cccc(O)c6)CC5C)c(O)c4c3C2=O)NC(=O)/C(C)=C\C=C\C(C)C(O)C(C)C(O)C(C)C(OC(C)=O)C1C. The number of phenolic OH excluding ortho intramolecular Hbond substituents is 4. The van der Waals surface area contributed by atoms with Crippen molar-refractivity contribution in [2.45, 2.75) is 118 Å². The summed E-state index contributed by atoms with van der Waals surface area (Å²) in [5.74, 6) is -8.45. The number of nitrogens with zero attached hydrogens (tertiary/aromatic N) is 3. The Morgan fingerprint density at radius 1 is 0.926 bits per heavy atom. The molecule has 0 spiro atoms. The number of Topliss-reactive ketones (excluding diaryl/α,β-unsaturated/α-hetero) is 1. The maximum Gasteiger partial charge on any atom is 0.312 e. The van der Waals surface area contributed by atoms with Gasteiger partial charge in [0.1, 0.15) is 29.1 Å². The first-order valence-electron chi connectivity index (χ1n) is 22.9. The summed E-state index contributed by atoms with van der Waals surface area (Å²) >= 11 is 0. The number of aromatic hydroxyl groups is 4. The first-order chi connectivity index (χ1) is 32.0. The molecular formula is C51H66N4O13. The number of ketones is 1. The molecule has 17 nitrogen and oxygen atoms in total. The zero-order valence-electron chi connectivity index (χ0n) is 40.6. The van der Waals surface area contributed by atoms with Gasteiger partial charge in [0.15, 0.2) is 5.75 Å². The fraction of sp³-hybridized carbons (Fsp3) is 0.490. The number of aliphatic hydroxyl groups excluding tert-OH is 2. The van der Waals surface area contributed by atoms with E-state index in [-0.39, 0.29) is 62.3 Å². The number of nitrogens with one attached hydrogen (secondary N) is 1. The molecule has 0 aromatic heterocycles. The molecule has 11 unspecified atom stereocenters. The Morgan fingerprint density at radius 2 is 1.60 bits per heavy atom. The zero-order valence-corrected chi connectivity index (χ0v) is 40.6. The molecule has 17 heteroatoms. The lowest BCUT2D eigenvalue weighted by atomic mass is 9.78. The zero-order chi connectivity index (χ0) is 50.1. The van der Waals surface area contributed by atoms with Crippen LogP contribution in [0.4, 0.5) is 5.69 Å². The van der Waals surface area contributed by atoms with Crippen LogP contribution in [0.2, 0.25) is 0 Å². The average molecular weight is 943 g/mol. The quantitative estimate of drug-likeness (QED) is 0.0614. The van der Waals surface area contributed by atoms with Crippen LogP contribution >= 0.6 is 0 Å². The van der Waals surface area contributed by atoms with Crippen molar-refractivity contribution in [1.29, 1.82) is 0 Å². The summed E-state index contributed by atoms with van der Waals surface area (Å²) in [7, 11) is 1.43. The Labute approximate surface area is 396 Å². The number of carbonyl (C=O) groups is 3. The summed E-state index contributed by atoms with van der Waals surface area (Å²) in [5.41, 5.74) is 0.454.